The number of nitrogens with zero attached hydrogens (tertiary/aromatic N) is 1. The van der Waals surface area contributed by atoms with Crippen LogP contribution in [-0.2, 0) is 9.59 Å². The van der Waals surface area contributed by atoms with Crippen molar-refractivity contribution in [1.29, 1.82) is 0 Å². The molecule has 0 aromatic carbocycles. The molecule has 0 saturated carbocycles. The molecule has 0 saturated heterocycles. The van der Waals surface area contributed by atoms with E-state index in [4.69, 9.17) is 5.11 Å². The van der Waals surface area contributed by atoms with E-state index in [1.165, 1.54) is 0 Å². The minimum Gasteiger partial charge on any atom is -0.481 e. The Labute approximate surface area is 108 Å². The molecule has 0 aliphatic rings. The lowest BCUT2D eigenvalue weighted by atomic mass is 10.1. The van der Waals surface area contributed by atoms with Gasteiger partial charge in [0.25, 0.3) is 0 Å². The van der Waals surface area contributed by atoms with E-state index in [2.05, 4.69) is 0 Å². The van der Waals surface area contributed by atoms with Crippen molar-refractivity contribution in [3.63, 3.8) is 0 Å². The number of thioether (sulfide) groups is 1. The van der Waals surface area contributed by atoms with E-state index in [1.54, 1.807) is 23.7 Å². The molecule has 0 aromatic heterocycles. The summed E-state index contributed by atoms with van der Waals surface area (Å²) in [6.45, 7) is 6.63. The van der Waals surface area contributed by atoms with Gasteiger partial charge in [-0.1, -0.05) is 20.8 Å². The average Bonchev–Trinajstić information content (AvgIpc) is 2.23. The van der Waals surface area contributed by atoms with E-state index >= 15 is 0 Å². The van der Waals surface area contributed by atoms with Gasteiger partial charge in [0.1, 0.15) is 0 Å². The van der Waals surface area contributed by atoms with E-state index in [1.807, 2.05) is 20.8 Å². The minimum absolute atomic E-state index is 0.0187. The molecule has 0 spiro atoms. The molecule has 1 amide bonds. The highest BCUT2D eigenvalue weighted by atomic mass is 32.2. The molecule has 0 fully saturated rings. The summed E-state index contributed by atoms with van der Waals surface area (Å²) in [6, 6.07) is 0. The number of carboxylic acids is 1. The summed E-state index contributed by atoms with van der Waals surface area (Å²) in [4.78, 5) is 24.1. The Morgan fingerprint density at radius 3 is 2.35 bits per heavy atom. The van der Waals surface area contributed by atoms with Gasteiger partial charge in [-0.05, 0) is 18.1 Å². The number of carboxylic acid groups (broad SMARTS) is 1. The van der Waals surface area contributed by atoms with Crippen molar-refractivity contribution in [1.82, 2.24) is 4.90 Å². The lowest BCUT2D eigenvalue weighted by Crippen LogP contribution is -2.38. The standard InChI is InChI=1S/C12H23NO3S/c1-5-17-11(9(2)3)12(16)13(4)8-6-7-10(14)15/h9,11H,5-8H2,1-4H3,(H,14,15). The number of hydrogen-bond donors (Lipinski definition) is 1. The highest BCUT2D eigenvalue weighted by Gasteiger charge is 2.24. The van der Waals surface area contributed by atoms with Crippen molar-refractivity contribution in [2.24, 2.45) is 5.92 Å². The molecule has 1 atom stereocenters. The third-order valence-electron chi connectivity index (χ3n) is 2.46. The maximum absolute atomic E-state index is 12.1. The summed E-state index contributed by atoms with van der Waals surface area (Å²) >= 11 is 1.65. The molecule has 0 aliphatic heterocycles. The maximum atomic E-state index is 12.1. The van der Waals surface area contributed by atoms with Gasteiger partial charge in [-0.2, -0.15) is 0 Å². The van der Waals surface area contributed by atoms with Crippen molar-refractivity contribution in [3.8, 4) is 0 Å². The van der Waals surface area contributed by atoms with Crippen LogP contribution in [0.5, 0.6) is 0 Å². The van der Waals surface area contributed by atoms with Crippen LogP contribution in [0.25, 0.3) is 0 Å². The van der Waals surface area contributed by atoms with Crippen molar-refractivity contribution < 1.29 is 14.7 Å². The Morgan fingerprint density at radius 2 is 1.94 bits per heavy atom. The second-order valence-electron chi connectivity index (χ2n) is 4.38. The summed E-state index contributed by atoms with van der Waals surface area (Å²) in [5.74, 6) is 0.512. The van der Waals surface area contributed by atoms with Crippen LogP contribution in [0.4, 0.5) is 0 Å². The minimum atomic E-state index is -0.811. The van der Waals surface area contributed by atoms with Gasteiger partial charge in [0.2, 0.25) is 5.91 Å². The number of carbonyl (C=O) groups is 2. The lowest BCUT2D eigenvalue weighted by Gasteiger charge is -2.25. The predicted octanol–water partition coefficient (Wildman–Crippen LogP) is 2.09. The number of amides is 1. The Hall–Kier alpha value is -0.710. The SMILES string of the molecule is CCSC(C(=O)N(C)CCCC(=O)O)C(C)C. The number of rotatable bonds is 8. The zero-order valence-corrected chi connectivity index (χ0v) is 11.9. The van der Waals surface area contributed by atoms with Gasteiger partial charge in [-0.3, -0.25) is 9.59 Å². The third kappa shape index (κ3) is 6.56. The van der Waals surface area contributed by atoms with E-state index in [9.17, 15) is 9.59 Å². The average molecular weight is 261 g/mol. The van der Waals surface area contributed by atoms with Gasteiger partial charge < -0.3 is 10.0 Å². The smallest absolute Gasteiger partial charge is 0.303 e. The van der Waals surface area contributed by atoms with Crippen LogP contribution in [0, 0.1) is 5.92 Å². The molecule has 1 N–H and O–H groups in total. The molecule has 5 heteroatoms. The predicted molar refractivity (Wildman–Crippen MR) is 71.3 cm³/mol. The lowest BCUT2D eigenvalue weighted by molar-refractivity contribution is -0.138. The molecule has 0 heterocycles. The molecule has 4 nitrogen and oxygen atoms in total. The maximum Gasteiger partial charge on any atom is 0.303 e. The summed E-state index contributed by atoms with van der Waals surface area (Å²) in [5, 5.41) is 8.52. The van der Waals surface area contributed by atoms with Gasteiger partial charge in [0.05, 0.1) is 5.25 Å². The van der Waals surface area contributed by atoms with E-state index in [-0.39, 0.29) is 17.6 Å². The van der Waals surface area contributed by atoms with E-state index < -0.39 is 5.97 Å². The van der Waals surface area contributed by atoms with Crippen LogP contribution in [0.2, 0.25) is 0 Å². The first kappa shape index (κ1) is 16.3. The normalized spacial score (nSPS) is 12.5. The Bertz CT molecular complexity index is 256. The largest absolute Gasteiger partial charge is 0.481 e. The van der Waals surface area contributed by atoms with Gasteiger partial charge in [0, 0.05) is 20.0 Å². The third-order valence-corrected chi connectivity index (χ3v) is 3.89. The molecule has 17 heavy (non-hydrogen) atoms. The molecule has 0 aliphatic carbocycles. The molecular formula is C12H23NO3S. The second-order valence-corrected chi connectivity index (χ2v) is 5.80. The summed E-state index contributed by atoms with van der Waals surface area (Å²) in [6.07, 6.45) is 0.629. The Kier molecular flexibility index (Phi) is 8.04. The topological polar surface area (TPSA) is 57.6 Å². The van der Waals surface area contributed by atoms with Crippen LogP contribution in [0.1, 0.15) is 33.6 Å². The fourth-order valence-electron chi connectivity index (χ4n) is 1.52. The van der Waals surface area contributed by atoms with Crippen molar-refractivity contribution in [2.45, 2.75) is 38.9 Å². The monoisotopic (exact) mass is 261 g/mol. The molecule has 0 radical (unpaired) electrons. The van der Waals surface area contributed by atoms with Crippen molar-refractivity contribution in [3.05, 3.63) is 0 Å². The first-order chi connectivity index (χ1) is 7.90. The fraction of sp³-hybridized carbons (Fsp3) is 0.833. The second kappa shape index (κ2) is 8.39. The van der Waals surface area contributed by atoms with Crippen molar-refractivity contribution in [2.75, 3.05) is 19.3 Å². The van der Waals surface area contributed by atoms with E-state index in [0.717, 1.165) is 5.75 Å². The zero-order chi connectivity index (χ0) is 13.4. The van der Waals surface area contributed by atoms with Crippen LogP contribution in [0.3, 0.4) is 0 Å². The van der Waals surface area contributed by atoms with Gasteiger partial charge in [-0.15, -0.1) is 11.8 Å². The highest BCUT2D eigenvalue weighted by molar-refractivity contribution is 8.00. The summed E-state index contributed by atoms with van der Waals surface area (Å²) < 4.78 is 0. The Morgan fingerprint density at radius 1 is 1.35 bits per heavy atom. The number of hydrogen-bond acceptors (Lipinski definition) is 3. The van der Waals surface area contributed by atoms with Gasteiger partial charge >= 0.3 is 5.97 Å². The van der Waals surface area contributed by atoms with Crippen LogP contribution in [0.15, 0.2) is 0 Å². The first-order valence-electron chi connectivity index (χ1n) is 5.98. The summed E-state index contributed by atoms with van der Waals surface area (Å²) in [7, 11) is 1.75. The fourth-order valence-corrected chi connectivity index (χ4v) is 2.59. The highest BCUT2D eigenvalue weighted by Crippen LogP contribution is 2.21. The van der Waals surface area contributed by atoms with E-state index in [0.29, 0.717) is 18.9 Å². The van der Waals surface area contributed by atoms with Crippen LogP contribution in [-0.4, -0.2) is 46.5 Å². The zero-order valence-electron chi connectivity index (χ0n) is 11.1. The summed E-state index contributed by atoms with van der Waals surface area (Å²) in [5.41, 5.74) is 0. The molecular weight excluding hydrogens is 238 g/mol. The molecule has 0 aromatic rings. The quantitative estimate of drug-likeness (QED) is 0.727. The molecule has 100 valence electrons. The molecule has 1 unspecified atom stereocenters. The first-order valence-corrected chi connectivity index (χ1v) is 7.03. The number of carbonyl (C=O) groups excluding carboxylic acids is 1. The van der Waals surface area contributed by atoms with Crippen molar-refractivity contribution >= 4 is 23.6 Å². The van der Waals surface area contributed by atoms with Crippen LogP contribution >= 0.6 is 11.8 Å². The molecule has 0 rings (SSSR count). The molecule has 0 bridgehead atoms. The number of aliphatic carboxylic acids is 1. The Balaban J connectivity index is 4.20. The van der Waals surface area contributed by atoms with Gasteiger partial charge in [0.15, 0.2) is 0 Å². The van der Waals surface area contributed by atoms with Gasteiger partial charge in [-0.25, -0.2) is 0 Å². The van der Waals surface area contributed by atoms with Crippen LogP contribution < -0.4 is 0 Å².